The molecule has 2 N–H and O–H groups in total. The Hall–Kier alpha value is -3.55. The first-order valence-corrected chi connectivity index (χ1v) is 9.99. The Labute approximate surface area is 181 Å². The largest absolute Gasteiger partial charge is 0.481 e. The predicted molar refractivity (Wildman–Crippen MR) is 119 cm³/mol. The van der Waals surface area contributed by atoms with E-state index in [2.05, 4.69) is 15.6 Å². The lowest BCUT2D eigenvalue weighted by molar-refractivity contribution is -0.118. The van der Waals surface area contributed by atoms with Gasteiger partial charge in [0.25, 0.3) is 0 Å². The van der Waals surface area contributed by atoms with Gasteiger partial charge in [-0.1, -0.05) is 18.2 Å². The fourth-order valence-electron chi connectivity index (χ4n) is 3.27. The summed E-state index contributed by atoms with van der Waals surface area (Å²) in [7, 11) is 3.47. The van der Waals surface area contributed by atoms with Crippen LogP contribution in [-0.2, 0) is 23.0 Å². The van der Waals surface area contributed by atoms with Crippen molar-refractivity contribution in [3.8, 4) is 5.88 Å². The van der Waals surface area contributed by atoms with Crippen molar-refractivity contribution < 1.29 is 19.1 Å². The van der Waals surface area contributed by atoms with Crippen LogP contribution < -0.4 is 15.4 Å². The van der Waals surface area contributed by atoms with E-state index >= 15 is 0 Å². The standard InChI is InChI=1S/C23H28N4O4/c1-23(2,3)31-22(29)26-18(21(28)25-16-10-11-20(30-5)24-13-16)12-15-14-27(4)19-9-7-6-8-17(15)19/h6-11,13-14,18H,12H2,1-5H3,(H,25,28)(H,26,29)/t18-/m1/s1. The summed E-state index contributed by atoms with van der Waals surface area (Å²) in [6.45, 7) is 5.32. The average molecular weight is 425 g/mol. The minimum absolute atomic E-state index is 0.302. The molecular formula is C23H28N4O4. The lowest BCUT2D eigenvalue weighted by atomic mass is 10.0. The van der Waals surface area contributed by atoms with Crippen LogP contribution in [0.5, 0.6) is 5.88 Å². The molecule has 0 spiro atoms. The third-order valence-electron chi connectivity index (χ3n) is 4.62. The van der Waals surface area contributed by atoms with Crippen LogP contribution in [0, 0.1) is 0 Å². The number of carbonyl (C=O) groups excluding carboxylic acids is 2. The Bertz CT molecular complexity index is 1070. The molecule has 164 valence electrons. The highest BCUT2D eigenvalue weighted by molar-refractivity contribution is 5.97. The van der Waals surface area contributed by atoms with Crippen LogP contribution in [0.25, 0.3) is 10.9 Å². The van der Waals surface area contributed by atoms with Gasteiger partial charge in [0.1, 0.15) is 11.6 Å². The Morgan fingerprint density at radius 3 is 2.55 bits per heavy atom. The highest BCUT2D eigenvalue weighted by Gasteiger charge is 2.26. The van der Waals surface area contributed by atoms with Gasteiger partial charge in [-0.2, -0.15) is 0 Å². The maximum Gasteiger partial charge on any atom is 0.408 e. The van der Waals surface area contributed by atoms with Crippen molar-refractivity contribution in [2.45, 2.75) is 38.8 Å². The number of anilines is 1. The Morgan fingerprint density at radius 2 is 1.90 bits per heavy atom. The van der Waals surface area contributed by atoms with Gasteiger partial charge in [-0.15, -0.1) is 0 Å². The molecule has 31 heavy (non-hydrogen) atoms. The molecule has 1 atom stereocenters. The number of amides is 2. The van der Waals surface area contributed by atoms with E-state index in [0.717, 1.165) is 16.5 Å². The number of rotatable bonds is 6. The first-order chi connectivity index (χ1) is 14.7. The summed E-state index contributed by atoms with van der Waals surface area (Å²) in [5, 5.41) is 6.54. The molecule has 3 aromatic rings. The maximum atomic E-state index is 13.1. The summed E-state index contributed by atoms with van der Waals surface area (Å²) >= 11 is 0. The summed E-state index contributed by atoms with van der Waals surface area (Å²) < 4.78 is 12.4. The number of ether oxygens (including phenoxy) is 2. The number of alkyl carbamates (subject to hydrolysis) is 1. The number of aryl methyl sites for hydroxylation is 1. The Balaban J connectivity index is 1.84. The van der Waals surface area contributed by atoms with E-state index in [1.807, 2.05) is 42.1 Å². The molecule has 8 nitrogen and oxygen atoms in total. The smallest absolute Gasteiger partial charge is 0.408 e. The van der Waals surface area contributed by atoms with Gasteiger partial charge in [0.05, 0.1) is 19.0 Å². The number of nitrogens with zero attached hydrogens (tertiary/aromatic N) is 2. The first-order valence-electron chi connectivity index (χ1n) is 9.99. The van der Waals surface area contributed by atoms with Crippen molar-refractivity contribution in [2.75, 3.05) is 12.4 Å². The van der Waals surface area contributed by atoms with Gasteiger partial charge in [-0.25, -0.2) is 9.78 Å². The zero-order valence-corrected chi connectivity index (χ0v) is 18.4. The SMILES string of the molecule is COc1ccc(NC(=O)[C@@H](Cc2cn(C)c3ccccc23)NC(=O)OC(C)(C)C)cn1. The van der Waals surface area contributed by atoms with Crippen LogP contribution in [0.1, 0.15) is 26.3 Å². The van der Waals surface area contributed by atoms with Crippen molar-refractivity contribution >= 4 is 28.6 Å². The molecule has 0 aliphatic heterocycles. The lowest BCUT2D eigenvalue weighted by Gasteiger charge is -2.23. The minimum Gasteiger partial charge on any atom is -0.481 e. The van der Waals surface area contributed by atoms with E-state index in [0.29, 0.717) is 18.0 Å². The molecule has 0 saturated heterocycles. The Kier molecular flexibility index (Phi) is 6.48. The second kappa shape index (κ2) is 9.07. The van der Waals surface area contributed by atoms with E-state index in [1.165, 1.54) is 13.3 Å². The van der Waals surface area contributed by atoms with Crippen molar-refractivity contribution in [1.82, 2.24) is 14.9 Å². The number of hydrogen-bond donors (Lipinski definition) is 2. The molecule has 0 fully saturated rings. The highest BCUT2D eigenvalue weighted by Crippen LogP contribution is 2.22. The number of fused-ring (bicyclic) bond motifs is 1. The molecule has 2 aromatic heterocycles. The predicted octanol–water partition coefficient (Wildman–Crippen LogP) is 3.66. The maximum absolute atomic E-state index is 13.1. The van der Waals surface area contributed by atoms with Crippen molar-refractivity contribution in [1.29, 1.82) is 0 Å². The number of para-hydroxylation sites is 1. The summed E-state index contributed by atoms with van der Waals surface area (Å²) in [5.74, 6) is 0.0722. The molecule has 2 heterocycles. The van der Waals surface area contributed by atoms with Crippen LogP contribution in [-0.4, -0.2) is 40.3 Å². The summed E-state index contributed by atoms with van der Waals surface area (Å²) in [4.78, 5) is 29.6. The molecule has 0 bridgehead atoms. The summed E-state index contributed by atoms with van der Waals surface area (Å²) in [5.41, 5.74) is 1.82. The number of aromatic nitrogens is 2. The first kappa shape index (κ1) is 22.1. The van der Waals surface area contributed by atoms with Gasteiger partial charge in [0.2, 0.25) is 11.8 Å². The average Bonchev–Trinajstić information content (AvgIpc) is 3.02. The van der Waals surface area contributed by atoms with Crippen LogP contribution in [0.3, 0.4) is 0 Å². The molecule has 0 radical (unpaired) electrons. The van der Waals surface area contributed by atoms with Crippen LogP contribution in [0.4, 0.5) is 10.5 Å². The van der Waals surface area contributed by atoms with Crippen molar-refractivity contribution in [3.05, 3.63) is 54.4 Å². The topological polar surface area (TPSA) is 94.5 Å². The zero-order chi connectivity index (χ0) is 22.6. The van der Waals surface area contributed by atoms with E-state index < -0.39 is 17.7 Å². The van der Waals surface area contributed by atoms with Crippen LogP contribution >= 0.6 is 0 Å². The molecule has 0 saturated carbocycles. The second-order valence-corrected chi connectivity index (χ2v) is 8.26. The zero-order valence-electron chi connectivity index (χ0n) is 18.4. The van der Waals surface area contributed by atoms with Gasteiger partial charge in [-0.3, -0.25) is 4.79 Å². The molecule has 1 aromatic carbocycles. The number of carbonyl (C=O) groups is 2. The number of nitrogens with one attached hydrogen (secondary N) is 2. The molecule has 0 aliphatic rings. The monoisotopic (exact) mass is 424 g/mol. The van der Waals surface area contributed by atoms with Gasteiger partial charge in [0.15, 0.2) is 0 Å². The van der Waals surface area contributed by atoms with Gasteiger partial charge < -0.3 is 24.7 Å². The number of benzene rings is 1. The number of methoxy groups -OCH3 is 1. The fraction of sp³-hybridized carbons (Fsp3) is 0.348. The normalized spacial score (nSPS) is 12.3. The second-order valence-electron chi connectivity index (χ2n) is 8.26. The van der Waals surface area contributed by atoms with E-state index in [1.54, 1.807) is 32.9 Å². The van der Waals surface area contributed by atoms with E-state index in [-0.39, 0.29) is 5.91 Å². The molecule has 8 heteroatoms. The number of pyridine rings is 1. The molecule has 0 aliphatic carbocycles. The molecule has 2 amide bonds. The molecular weight excluding hydrogens is 396 g/mol. The van der Waals surface area contributed by atoms with Crippen molar-refractivity contribution in [3.63, 3.8) is 0 Å². The molecule has 3 rings (SSSR count). The summed E-state index contributed by atoms with van der Waals surface area (Å²) in [6.07, 6.45) is 3.12. The van der Waals surface area contributed by atoms with Gasteiger partial charge >= 0.3 is 6.09 Å². The summed E-state index contributed by atoms with van der Waals surface area (Å²) in [6, 6.07) is 10.4. The Morgan fingerprint density at radius 1 is 1.16 bits per heavy atom. The third kappa shape index (κ3) is 5.75. The highest BCUT2D eigenvalue weighted by atomic mass is 16.6. The van der Waals surface area contributed by atoms with Crippen LogP contribution in [0.2, 0.25) is 0 Å². The minimum atomic E-state index is -0.845. The lowest BCUT2D eigenvalue weighted by Crippen LogP contribution is -2.47. The third-order valence-corrected chi connectivity index (χ3v) is 4.62. The fourth-order valence-corrected chi connectivity index (χ4v) is 3.27. The number of hydrogen-bond acceptors (Lipinski definition) is 5. The quantitative estimate of drug-likeness (QED) is 0.630. The van der Waals surface area contributed by atoms with E-state index in [4.69, 9.17) is 9.47 Å². The van der Waals surface area contributed by atoms with E-state index in [9.17, 15) is 9.59 Å². The van der Waals surface area contributed by atoms with Gasteiger partial charge in [0, 0.05) is 36.6 Å². The van der Waals surface area contributed by atoms with Crippen molar-refractivity contribution in [2.24, 2.45) is 7.05 Å². The molecule has 0 unspecified atom stereocenters. The van der Waals surface area contributed by atoms with Gasteiger partial charge in [-0.05, 0) is 38.5 Å². The van der Waals surface area contributed by atoms with Crippen LogP contribution in [0.15, 0.2) is 48.8 Å².